The number of nitrogens with zero attached hydrogens (tertiary/aromatic N) is 1. The molecule has 0 atom stereocenters. The van der Waals surface area contributed by atoms with Crippen molar-refractivity contribution in [3.63, 3.8) is 0 Å². The van der Waals surface area contributed by atoms with Gasteiger partial charge in [0.1, 0.15) is 5.76 Å². The van der Waals surface area contributed by atoms with E-state index in [9.17, 15) is 4.79 Å². The van der Waals surface area contributed by atoms with Crippen molar-refractivity contribution in [2.45, 2.75) is 6.54 Å². The van der Waals surface area contributed by atoms with Gasteiger partial charge in [0.05, 0.1) is 41.0 Å². The minimum absolute atomic E-state index is 0.246. The van der Waals surface area contributed by atoms with E-state index in [0.717, 1.165) is 0 Å². The predicted molar refractivity (Wildman–Crippen MR) is 93.9 cm³/mol. The Bertz CT molecular complexity index is 851. The maximum absolute atomic E-state index is 12.2. The highest BCUT2D eigenvalue weighted by atomic mass is 35.5. The van der Waals surface area contributed by atoms with Crippen molar-refractivity contribution in [3.8, 4) is 0 Å². The van der Waals surface area contributed by atoms with Crippen molar-refractivity contribution < 1.29 is 9.21 Å². The van der Waals surface area contributed by atoms with Crippen LogP contribution in [0.5, 0.6) is 0 Å². The van der Waals surface area contributed by atoms with Crippen LogP contribution in [-0.4, -0.2) is 10.9 Å². The summed E-state index contributed by atoms with van der Waals surface area (Å²) in [5.74, 6) is 0.434. The maximum atomic E-state index is 12.2. The number of benzene rings is 1. The molecule has 24 heavy (non-hydrogen) atoms. The smallest absolute Gasteiger partial charge is 0.253 e. The number of hydrogen-bond donors (Lipinski definition) is 2. The van der Waals surface area contributed by atoms with Crippen LogP contribution in [-0.2, 0) is 6.54 Å². The van der Waals surface area contributed by atoms with E-state index < -0.39 is 0 Å². The van der Waals surface area contributed by atoms with Crippen molar-refractivity contribution in [2.75, 3.05) is 5.32 Å². The van der Waals surface area contributed by atoms with Gasteiger partial charge >= 0.3 is 0 Å². The number of anilines is 2. The second-order valence-electron chi connectivity index (χ2n) is 4.97. The van der Waals surface area contributed by atoms with E-state index in [1.165, 1.54) is 6.20 Å². The molecule has 2 heterocycles. The number of furan rings is 1. The van der Waals surface area contributed by atoms with E-state index in [0.29, 0.717) is 39.3 Å². The van der Waals surface area contributed by atoms with Gasteiger partial charge in [0, 0.05) is 11.2 Å². The van der Waals surface area contributed by atoms with Gasteiger partial charge < -0.3 is 15.1 Å². The average Bonchev–Trinajstić information content (AvgIpc) is 3.09. The fraction of sp³-hybridized carbons (Fsp3) is 0.0588. The van der Waals surface area contributed by atoms with E-state index >= 15 is 0 Å². The van der Waals surface area contributed by atoms with Gasteiger partial charge in [0.2, 0.25) is 0 Å². The summed E-state index contributed by atoms with van der Waals surface area (Å²) in [6, 6.07) is 10.4. The number of aromatic nitrogens is 1. The molecule has 2 aromatic heterocycles. The second-order valence-corrected chi connectivity index (χ2v) is 5.82. The molecule has 0 radical (unpaired) electrons. The van der Waals surface area contributed by atoms with Crippen molar-refractivity contribution >= 4 is 40.5 Å². The Morgan fingerprint density at radius 1 is 1.17 bits per heavy atom. The van der Waals surface area contributed by atoms with E-state index in [2.05, 4.69) is 15.6 Å². The summed E-state index contributed by atoms with van der Waals surface area (Å²) in [7, 11) is 0. The third-order valence-electron chi connectivity index (χ3n) is 3.21. The van der Waals surface area contributed by atoms with Crippen molar-refractivity contribution in [1.82, 2.24) is 10.3 Å². The molecule has 0 fully saturated rings. The maximum Gasteiger partial charge on any atom is 0.253 e. The molecular weight excluding hydrogens is 349 g/mol. The highest BCUT2D eigenvalue weighted by Gasteiger charge is 2.09. The summed E-state index contributed by atoms with van der Waals surface area (Å²) in [5.41, 5.74) is 1.75. The van der Waals surface area contributed by atoms with Crippen LogP contribution in [0.1, 0.15) is 16.1 Å². The van der Waals surface area contributed by atoms with Crippen LogP contribution in [0.3, 0.4) is 0 Å². The first-order valence-electron chi connectivity index (χ1n) is 7.09. The minimum atomic E-state index is -0.246. The van der Waals surface area contributed by atoms with Crippen LogP contribution >= 0.6 is 23.2 Å². The zero-order chi connectivity index (χ0) is 16.9. The molecule has 0 unspecified atom stereocenters. The lowest BCUT2D eigenvalue weighted by Gasteiger charge is -2.10. The number of hydrogen-bond acceptors (Lipinski definition) is 4. The van der Waals surface area contributed by atoms with E-state index in [1.807, 2.05) is 0 Å². The van der Waals surface area contributed by atoms with Gasteiger partial charge in [0.15, 0.2) is 0 Å². The second kappa shape index (κ2) is 7.38. The van der Waals surface area contributed by atoms with Crippen LogP contribution in [0.4, 0.5) is 11.4 Å². The molecule has 3 rings (SSSR count). The fourth-order valence-electron chi connectivity index (χ4n) is 2.06. The third kappa shape index (κ3) is 4.07. The molecule has 5 nitrogen and oxygen atoms in total. The van der Waals surface area contributed by atoms with Crippen LogP contribution in [0.2, 0.25) is 10.0 Å². The summed E-state index contributed by atoms with van der Waals surface area (Å²) >= 11 is 12.0. The highest BCUT2D eigenvalue weighted by molar-refractivity contribution is 6.36. The van der Waals surface area contributed by atoms with E-state index in [1.54, 1.807) is 48.9 Å². The summed E-state index contributed by atoms with van der Waals surface area (Å²) in [4.78, 5) is 16.3. The van der Waals surface area contributed by atoms with E-state index in [4.69, 9.17) is 27.6 Å². The summed E-state index contributed by atoms with van der Waals surface area (Å²) in [6.45, 7) is 0.312. The van der Waals surface area contributed by atoms with Crippen LogP contribution in [0.15, 0.2) is 59.5 Å². The standard InChI is InChI=1S/C17H13Cl2N3O2/c18-12-3-4-16(15(19)7-12)22-13-6-11(8-20-9-13)17(23)21-10-14-2-1-5-24-14/h1-9,22H,10H2,(H,21,23). The fourth-order valence-corrected chi connectivity index (χ4v) is 2.52. The van der Waals surface area contributed by atoms with Gasteiger partial charge in [0.25, 0.3) is 5.91 Å². The van der Waals surface area contributed by atoms with Gasteiger partial charge in [-0.3, -0.25) is 9.78 Å². The normalized spacial score (nSPS) is 10.4. The SMILES string of the molecule is O=C(NCc1ccco1)c1cncc(Nc2ccc(Cl)cc2Cl)c1. The molecule has 3 aromatic rings. The number of nitrogens with one attached hydrogen (secondary N) is 2. The topological polar surface area (TPSA) is 67.2 Å². The molecule has 1 aromatic carbocycles. The van der Waals surface area contributed by atoms with Crippen LogP contribution in [0.25, 0.3) is 0 Å². The van der Waals surface area contributed by atoms with Gasteiger partial charge in [-0.15, -0.1) is 0 Å². The van der Waals surface area contributed by atoms with Crippen molar-refractivity contribution in [2.24, 2.45) is 0 Å². The Morgan fingerprint density at radius 2 is 2.04 bits per heavy atom. The number of halogens is 2. The molecule has 0 spiro atoms. The van der Waals surface area contributed by atoms with Gasteiger partial charge in [-0.25, -0.2) is 0 Å². The molecule has 0 saturated carbocycles. The van der Waals surface area contributed by atoms with Crippen LogP contribution in [0, 0.1) is 0 Å². The Hall–Kier alpha value is -2.50. The zero-order valence-corrected chi connectivity index (χ0v) is 13.9. The lowest BCUT2D eigenvalue weighted by Crippen LogP contribution is -2.22. The first kappa shape index (κ1) is 16.4. The van der Waals surface area contributed by atoms with Gasteiger partial charge in [-0.05, 0) is 36.4 Å². The number of pyridine rings is 1. The largest absolute Gasteiger partial charge is 0.467 e. The first-order chi connectivity index (χ1) is 11.6. The summed E-state index contributed by atoms with van der Waals surface area (Å²) < 4.78 is 5.18. The molecule has 0 aliphatic rings. The Labute approximate surface area is 148 Å². The molecule has 0 saturated heterocycles. The number of carbonyl (C=O) groups is 1. The van der Waals surface area contributed by atoms with Crippen molar-refractivity contribution in [1.29, 1.82) is 0 Å². The monoisotopic (exact) mass is 361 g/mol. The van der Waals surface area contributed by atoms with E-state index in [-0.39, 0.29) is 5.91 Å². The average molecular weight is 362 g/mol. The number of carbonyl (C=O) groups excluding carboxylic acids is 1. The predicted octanol–water partition coefficient (Wildman–Crippen LogP) is 4.66. The molecule has 0 aliphatic heterocycles. The Balaban J connectivity index is 1.70. The van der Waals surface area contributed by atoms with Gasteiger partial charge in [-0.2, -0.15) is 0 Å². The minimum Gasteiger partial charge on any atom is -0.467 e. The number of amides is 1. The number of rotatable bonds is 5. The zero-order valence-electron chi connectivity index (χ0n) is 12.4. The molecular formula is C17H13Cl2N3O2. The molecule has 1 amide bonds. The molecule has 7 heteroatoms. The lowest BCUT2D eigenvalue weighted by atomic mass is 10.2. The Morgan fingerprint density at radius 3 is 2.79 bits per heavy atom. The molecule has 0 aliphatic carbocycles. The molecule has 122 valence electrons. The van der Waals surface area contributed by atoms with Crippen LogP contribution < -0.4 is 10.6 Å². The third-order valence-corrected chi connectivity index (χ3v) is 3.76. The van der Waals surface area contributed by atoms with Gasteiger partial charge in [-0.1, -0.05) is 23.2 Å². The highest BCUT2D eigenvalue weighted by Crippen LogP contribution is 2.28. The quantitative estimate of drug-likeness (QED) is 0.693. The van der Waals surface area contributed by atoms with Crippen molar-refractivity contribution in [3.05, 3.63) is 76.4 Å². The summed E-state index contributed by atoms with van der Waals surface area (Å²) in [5, 5.41) is 6.91. The molecule has 2 N–H and O–H groups in total. The molecule has 0 bridgehead atoms. The first-order valence-corrected chi connectivity index (χ1v) is 7.85. The Kier molecular flexibility index (Phi) is 5.03. The summed E-state index contributed by atoms with van der Waals surface area (Å²) in [6.07, 6.45) is 4.66. The lowest BCUT2D eigenvalue weighted by molar-refractivity contribution is 0.0947.